The Balaban J connectivity index is 1.59. The topological polar surface area (TPSA) is 92.3 Å². The highest BCUT2D eigenvalue weighted by Gasteiger charge is 2.26. The summed E-state index contributed by atoms with van der Waals surface area (Å²) in [5, 5.41) is 21.0. The van der Waals surface area contributed by atoms with Crippen LogP contribution in [-0.2, 0) is 6.61 Å². The Morgan fingerprint density at radius 3 is 2.26 bits per heavy atom. The Bertz CT molecular complexity index is 1390. The third-order valence-corrected chi connectivity index (χ3v) is 7.45. The summed E-state index contributed by atoms with van der Waals surface area (Å²) >= 11 is 20.2. The number of hydrogen-bond acceptors (Lipinski definition) is 7. The molecular weight excluding hydrogens is 571 g/mol. The van der Waals surface area contributed by atoms with Crippen molar-refractivity contribution in [3.05, 3.63) is 103 Å². The molecule has 0 spiro atoms. The van der Waals surface area contributed by atoms with E-state index in [1.165, 1.54) is 11.8 Å². The zero-order valence-corrected chi connectivity index (χ0v) is 23.5. The molecule has 12 heteroatoms. The molecule has 0 saturated carbocycles. The van der Waals surface area contributed by atoms with Gasteiger partial charge in [-0.2, -0.15) is 0 Å². The van der Waals surface area contributed by atoms with E-state index in [9.17, 15) is 10.1 Å². The van der Waals surface area contributed by atoms with Crippen LogP contribution in [-0.4, -0.2) is 32.8 Å². The molecule has 8 nitrogen and oxygen atoms in total. The van der Waals surface area contributed by atoms with Crippen LogP contribution in [0.4, 0.5) is 0 Å². The van der Waals surface area contributed by atoms with E-state index in [1.807, 2.05) is 54.8 Å². The molecule has 3 aromatic carbocycles. The summed E-state index contributed by atoms with van der Waals surface area (Å²) in [6, 6.07) is 17.9. The average Bonchev–Trinajstić information content (AvgIpc) is 3.24. The fourth-order valence-electron chi connectivity index (χ4n) is 3.69. The molecule has 0 N–H and O–H groups in total. The van der Waals surface area contributed by atoms with Gasteiger partial charge in [0.2, 0.25) is 6.54 Å². The molecule has 38 heavy (non-hydrogen) atoms. The molecule has 1 heterocycles. The van der Waals surface area contributed by atoms with Crippen molar-refractivity contribution in [1.29, 1.82) is 0 Å². The Morgan fingerprint density at radius 1 is 1.00 bits per heavy atom. The number of benzene rings is 3. The summed E-state index contributed by atoms with van der Waals surface area (Å²) in [4.78, 5) is 11.2. The van der Waals surface area contributed by atoms with Crippen LogP contribution < -0.4 is 9.47 Å². The van der Waals surface area contributed by atoms with Crippen molar-refractivity contribution in [3.63, 3.8) is 0 Å². The Hall–Kier alpha value is -2.98. The maximum atomic E-state index is 11.6. The van der Waals surface area contributed by atoms with E-state index >= 15 is 0 Å². The van der Waals surface area contributed by atoms with Gasteiger partial charge >= 0.3 is 0 Å². The predicted molar refractivity (Wildman–Crippen MR) is 150 cm³/mol. The number of halogens is 3. The summed E-state index contributed by atoms with van der Waals surface area (Å²) in [5.41, 5.74) is 2.26. The van der Waals surface area contributed by atoms with E-state index in [0.717, 1.165) is 17.0 Å². The Morgan fingerprint density at radius 2 is 1.66 bits per heavy atom. The zero-order valence-electron chi connectivity index (χ0n) is 20.4. The molecule has 0 bridgehead atoms. The number of nitrogens with zero attached hydrogens (tertiary/aromatic N) is 4. The average molecular weight is 594 g/mol. The van der Waals surface area contributed by atoms with Crippen molar-refractivity contribution in [2.75, 3.05) is 13.2 Å². The fourth-order valence-corrected chi connectivity index (χ4v) is 5.58. The van der Waals surface area contributed by atoms with Crippen LogP contribution in [0.2, 0.25) is 15.1 Å². The van der Waals surface area contributed by atoms with Gasteiger partial charge in [-0.25, -0.2) is 0 Å². The number of hydrogen-bond donors (Lipinski definition) is 0. The lowest BCUT2D eigenvalue weighted by molar-refractivity contribution is -0.479. The SMILES string of the molecule is CCOc1ccc(-n2c(C)nnc2S[C@H](C[N+](=O)[O-])c2cc(Cl)c(OCc3ccc(Cl)cc3)c(Cl)c2)cc1. The van der Waals surface area contributed by atoms with E-state index in [4.69, 9.17) is 44.3 Å². The molecule has 4 aromatic rings. The predicted octanol–water partition coefficient (Wildman–Crippen LogP) is 7.62. The second-order valence-electron chi connectivity index (χ2n) is 8.14. The van der Waals surface area contributed by atoms with E-state index in [1.54, 1.807) is 24.3 Å². The third kappa shape index (κ3) is 6.91. The molecule has 1 atom stereocenters. The largest absolute Gasteiger partial charge is 0.494 e. The highest BCUT2D eigenvalue weighted by Crippen LogP contribution is 2.42. The zero-order chi connectivity index (χ0) is 27.2. The number of nitro groups is 1. The van der Waals surface area contributed by atoms with Crippen LogP contribution in [0, 0.1) is 17.0 Å². The number of rotatable bonds is 11. The molecule has 0 aliphatic heterocycles. The quantitative estimate of drug-likeness (QED) is 0.100. The van der Waals surface area contributed by atoms with Gasteiger partial charge in [-0.15, -0.1) is 10.2 Å². The first-order valence-corrected chi connectivity index (χ1v) is 13.6. The van der Waals surface area contributed by atoms with Gasteiger partial charge in [-0.1, -0.05) is 58.7 Å². The molecule has 0 amide bonds. The molecule has 0 radical (unpaired) electrons. The fraction of sp³-hybridized carbons (Fsp3) is 0.231. The molecule has 0 fully saturated rings. The van der Waals surface area contributed by atoms with Crippen molar-refractivity contribution >= 4 is 46.6 Å². The van der Waals surface area contributed by atoms with Crippen molar-refractivity contribution in [2.45, 2.75) is 30.9 Å². The van der Waals surface area contributed by atoms with Gasteiger partial charge in [-0.3, -0.25) is 14.7 Å². The van der Waals surface area contributed by atoms with Gasteiger partial charge in [0.05, 0.1) is 16.7 Å². The van der Waals surface area contributed by atoms with Gasteiger partial charge in [0.1, 0.15) is 23.4 Å². The van der Waals surface area contributed by atoms with Crippen LogP contribution in [0.5, 0.6) is 11.5 Å². The molecule has 0 aliphatic carbocycles. The van der Waals surface area contributed by atoms with Gasteiger partial charge in [-0.05, 0) is 73.5 Å². The minimum absolute atomic E-state index is 0.230. The monoisotopic (exact) mass is 592 g/mol. The highest BCUT2D eigenvalue weighted by atomic mass is 35.5. The third-order valence-electron chi connectivity index (χ3n) is 5.45. The first kappa shape index (κ1) is 28.0. The number of thioether (sulfide) groups is 1. The smallest absolute Gasteiger partial charge is 0.220 e. The maximum absolute atomic E-state index is 11.6. The van der Waals surface area contributed by atoms with Gasteiger partial charge < -0.3 is 9.47 Å². The van der Waals surface area contributed by atoms with Crippen LogP contribution in [0.15, 0.2) is 65.8 Å². The summed E-state index contributed by atoms with van der Waals surface area (Å²) in [6.07, 6.45) is 0. The molecule has 0 saturated heterocycles. The van der Waals surface area contributed by atoms with E-state index in [0.29, 0.717) is 33.9 Å². The molecule has 0 aliphatic rings. The van der Waals surface area contributed by atoms with Crippen molar-refractivity contribution in [2.24, 2.45) is 0 Å². The molecule has 4 rings (SSSR count). The molecular formula is C26H23Cl3N4O4S. The number of aromatic nitrogens is 3. The number of ether oxygens (including phenoxy) is 2. The highest BCUT2D eigenvalue weighted by molar-refractivity contribution is 7.99. The summed E-state index contributed by atoms with van der Waals surface area (Å²) in [6.45, 7) is 4.14. The summed E-state index contributed by atoms with van der Waals surface area (Å²) in [7, 11) is 0. The van der Waals surface area contributed by atoms with Crippen LogP contribution in [0.1, 0.15) is 29.1 Å². The lowest BCUT2D eigenvalue weighted by Gasteiger charge is -2.17. The van der Waals surface area contributed by atoms with Crippen molar-refractivity contribution in [1.82, 2.24) is 14.8 Å². The second kappa shape index (κ2) is 12.7. The van der Waals surface area contributed by atoms with Crippen LogP contribution in [0.25, 0.3) is 5.69 Å². The first-order chi connectivity index (χ1) is 18.2. The van der Waals surface area contributed by atoms with Crippen LogP contribution >= 0.6 is 46.6 Å². The van der Waals surface area contributed by atoms with E-state index in [-0.39, 0.29) is 28.1 Å². The Labute approximate surface area is 239 Å². The molecule has 1 aromatic heterocycles. The minimum atomic E-state index is -0.643. The summed E-state index contributed by atoms with van der Waals surface area (Å²) in [5.74, 6) is 1.67. The second-order valence-corrected chi connectivity index (χ2v) is 10.6. The first-order valence-electron chi connectivity index (χ1n) is 11.5. The van der Waals surface area contributed by atoms with Crippen molar-refractivity contribution < 1.29 is 14.4 Å². The van der Waals surface area contributed by atoms with E-state index in [2.05, 4.69) is 10.2 Å². The van der Waals surface area contributed by atoms with Crippen molar-refractivity contribution in [3.8, 4) is 17.2 Å². The normalized spacial score (nSPS) is 11.8. The number of aryl methyl sites for hydroxylation is 1. The van der Waals surface area contributed by atoms with Gasteiger partial charge in [0.15, 0.2) is 10.9 Å². The Kier molecular flexibility index (Phi) is 9.38. The van der Waals surface area contributed by atoms with Gasteiger partial charge in [0, 0.05) is 15.6 Å². The van der Waals surface area contributed by atoms with Gasteiger partial charge in [0.25, 0.3) is 0 Å². The molecule has 0 unspecified atom stereocenters. The standard InChI is InChI=1S/C26H23Cl3N4O4S/c1-3-36-21-10-8-20(9-11-21)33-16(2)30-31-26(33)38-24(14-32(34)35)18-12-22(28)25(23(29)13-18)37-15-17-4-6-19(27)7-5-17/h4-13,24H,3,14-15H2,1-2H3/t24-/m1/s1. The minimum Gasteiger partial charge on any atom is -0.494 e. The maximum Gasteiger partial charge on any atom is 0.220 e. The lowest BCUT2D eigenvalue weighted by Crippen LogP contribution is -2.11. The van der Waals surface area contributed by atoms with Crippen LogP contribution in [0.3, 0.4) is 0 Å². The molecule has 198 valence electrons. The lowest BCUT2D eigenvalue weighted by atomic mass is 10.1. The summed E-state index contributed by atoms with van der Waals surface area (Å²) < 4.78 is 13.2. The van der Waals surface area contributed by atoms with E-state index < -0.39 is 5.25 Å².